The highest BCUT2D eigenvalue weighted by Gasteiger charge is 2.09. The van der Waals surface area contributed by atoms with E-state index in [1.54, 1.807) is 0 Å². The number of likely N-dealkylation sites (N-methyl/N-ethyl adjacent to an activating group) is 1. The van der Waals surface area contributed by atoms with Crippen LogP contribution in [0.5, 0.6) is 0 Å². The number of hydrogen-bond donors (Lipinski definition) is 0. The van der Waals surface area contributed by atoms with Gasteiger partial charge in [-0.25, -0.2) is 0 Å². The summed E-state index contributed by atoms with van der Waals surface area (Å²) in [6, 6.07) is 21.3. The van der Waals surface area contributed by atoms with Crippen LogP contribution in [0.3, 0.4) is 0 Å². The van der Waals surface area contributed by atoms with Crippen molar-refractivity contribution >= 4 is 10.8 Å². The number of fused-ring (bicyclic) bond motifs is 1. The normalized spacial score (nSPS) is 11.5. The van der Waals surface area contributed by atoms with Gasteiger partial charge in [-0.15, -0.1) is 0 Å². The molecule has 0 amide bonds. The standard InChI is InChI=1S/C21H25N3/c1-23(2)12-13-24(16-18-8-4-3-5-9-18)17-21-14-19-10-6-7-11-20(19)15-22-21/h3-11,14-15H,12-13,16-17H2,1-2H3. The van der Waals surface area contributed by atoms with Crippen molar-refractivity contribution in [2.75, 3.05) is 27.2 Å². The molecule has 0 bridgehead atoms. The first kappa shape index (κ1) is 16.6. The summed E-state index contributed by atoms with van der Waals surface area (Å²) in [6.45, 7) is 3.88. The van der Waals surface area contributed by atoms with Gasteiger partial charge in [-0.1, -0.05) is 54.6 Å². The number of benzene rings is 2. The molecule has 0 fully saturated rings. The van der Waals surface area contributed by atoms with E-state index < -0.39 is 0 Å². The van der Waals surface area contributed by atoms with Crippen molar-refractivity contribution in [1.82, 2.24) is 14.8 Å². The van der Waals surface area contributed by atoms with E-state index in [4.69, 9.17) is 0 Å². The molecule has 0 aliphatic heterocycles. The Labute approximate surface area is 144 Å². The van der Waals surface area contributed by atoms with Crippen LogP contribution in [0.15, 0.2) is 66.9 Å². The Balaban J connectivity index is 1.76. The van der Waals surface area contributed by atoms with Gasteiger partial charge in [-0.2, -0.15) is 0 Å². The maximum Gasteiger partial charge on any atom is 0.0550 e. The van der Waals surface area contributed by atoms with Gasteiger partial charge >= 0.3 is 0 Å². The topological polar surface area (TPSA) is 19.4 Å². The molecule has 0 unspecified atom stereocenters. The molecule has 124 valence electrons. The molecule has 0 N–H and O–H groups in total. The smallest absolute Gasteiger partial charge is 0.0550 e. The largest absolute Gasteiger partial charge is 0.308 e. The van der Waals surface area contributed by atoms with E-state index in [0.717, 1.165) is 31.9 Å². The fourth-order valence-electron chi connectivity index (χ4n) is 2.84. The van der Waals surface area contributed by atoms with Crippen LogP contribution in [-0.2, 0) is 13.1 Å². The third kappa shape index (κ3) is 4.63. The van der Waals surface area contributed by atoms with Crippen LogP contribution in [0, 0.1) is 0 Å². The molecule has 1 heterocycles. The Bertz CT molecular complexity index is 768. The zero-order valence-corrected chi connectivity index (χ0v) is 14.5. The average Bonchev–Trinajstić information content (AvgIpc) is 2.60. The van der Waals surface area contributed by atoms with Crippen LogP contribution in [-0.4, -0.2) is 42.0 Å². The lowest BCUT2D eigenvalue weighted by molar-refractivity contribution is 0.224. The second-order valence-electron chi connectivity index (χ2n) is 6.52. The van der Waals surface area contributed by atoms with E-state index in [1.807, 2.05) is 6.20 Å². The summed E-state index contributed by atoms with van der Waals surface area (Å²) >= 11 is 0. The van der Waals surface area contributed by atoms with Gasteiger partial charge in [-0.05, 0) is 31.1 Å². The number of aromatic nitrogens is 1. The molecule has 3 aromatic rings. The first-order valence-corrected chi connectivity index (χ1v) is 8.45. The number of rotatable bonds is 7. The van der Waals surface area contributed by atoms with Gasteiger partial charge in [-0.3, -0.25) is 9.88 Å². The zero-order valence-electron chi connectivity index (χ0n) is 14.5. The third-order valence-corrected chi connectivity index (χ3v) is 4.19. The maximum atomic E-state index is 4.66. The molecule has 1 aromatic heterocycles. The summed E-state index contributed by atoms with van der Waals surface area (Å²) in [5.74, 6) is 0. The van der Waals surface area contributed by atoms with Gasteiger partial charge < -0.3 is 4.90 Å². The Hall–Kier alpha value is -2.23. The highest BCUT2D eigenvalue weighted by atomic mass is 15.2. The monoisotopic (exact) mass is 319 g/mol. The van der Waals surface area contributed by atoms with Crippen LogP contribution >= 0.6 is 0 Å². The highest BCUT2D eigenvalue weighted by Crippen LogP contribution is 2.15. The SMILES string of the molecule is CN(C)CCN(Cc1ccccc1)Cc1cc2ccccc2cn1. The summed E-state index contributed by atoms with van der Waals surface area (Å²) in [6.07, 6.45) is 1.98. The number of pyridine rings is 1. The van der Waals surface area contributed by atoms with E-state index in [-0.39, 0.29) is 0 Å². The molecule has 2 aromatic carbocycles. The molecular weight excluding hydrogens is 294 g/mol. The minimum absolute atomic E-state index is 0.869. The van der Waals surface area contributed by atoms with Crippen molar-refractivity contribution in [2.45, 2.75) is 13.1 Å². The van der Waals surface area contributed by atoms with Crippen LogP contribution in [0.2, 0.25) is 0 Å². The summed E-state index contributed by atoms with van der Waals surface area (Å²) in [7, 11) is 4.24. The Morgan fingerprint density at radius 3 is 2.25 bits per heavy atom. The molecule has 3 heteroatoms. The quantitative estimate of drug-likeness (QED) is 0.660. The second kappa shape index (κ2) is 8.04. The average molecular weight is 319 g/mol. The van der Waals surface area contributed by atoms with Gasteiger partial charge in [0.1, 0.15) is 0 Å². The first-order chi connectivity index (χ1) is 11.7. The highest BCUT2D eigenvalue weighted by molar-refractivity contribution is 5.81. The van der Waals surface area contributed by atoms with E-state index in [9.17, 15) is 0 Å². The predicted molar refractivity (Wildman–Crippen MR) is 101 cm³/mol. The molecule has 3 nitrogen and oxygen atoms in total. The van der Waals surface area contributed by atoms with Crippen molar-refractivity contribution in [3.05, 3.63) is 78.1 Å². The number of hydrogen-bond acceptors (Lipinski definition) is 3. The maximum absolute atomic E-state index is 4.66. The summed E-state index contributed by atoms with van der Waals surface area (Å²) in [5, 5.41) is 2.46. The molecule has 0 atom stereocenters. The van der Waals surface area contributed by atoms with Gasteiger partial charge in [0, 0.05) is 37.8 Å². The molecule has 0 spiro atoms. The van der Waals surface area contributed by atoms with Crippen LogP contribution in [0.25, 0.3) is 10.8 Å². The van der Waals surface area contributed by atoms with Gasteiger partial charge in [0.2, 0.25) is 0 Å². The Kier molecular flexibility index (Phi) is 5.57. The van der Waals surface area contributed by atoms with E-state index >= 15 is 0 Å². The fourth-order valence-corrected chi connectivity index (χ4v) is 2.84. The molecule has 0 saturated carbocycles. The van der Waals surface area contributed by atoms with Crippen molar-refractivity contribution in [3.63, 3.8) is 0 Å². The van der Waals surface area contributed by atoms with E-state index in [2.05, 4.69) is 89.5 Å². The Morgan fingerprint density at radius 2 is 1.50 bits per heavy atom. The fraction of sp³-hybridized carbons (Fsp3) is 0.286. The molecule has 0 radical (unpaired) electrons. The first-order valence-electron chi connectivity index (χ1n) is 8.45. The van der Waals surface area contributed by atoms with Crippen molar-refractivity contribution in [3.8, 4) is 0 Å². The molecule has 24 heavy (non-hydrogen) atoms. The molecule has 0 aliphatic rings. The molecule has 0 saturated heterocycles. The Morgan fingerprint density at radius 1 is 0.792 bits per heavy atom. The van der Waals surface area contributed by atoms with Crippen LogP contribution in [0.4, 0.5) is 0 Å². The van der Waals surface area contributed by atoms with Crippen molar-refractivity contribution in [2.24, 2.45) is 0 Å². The lowest BCUT2D eigenvalue weighted by Crippen LogP contribution is -2.31. The van der Waals surface area contributed by atoms with Crippen molar-refractivity contribution in [1.29, 1.82) is 0 Å². The summed E-state index contributed by atoms with van der Waals surface area (Å²) in [5.41, 5.74) is 2.47. The van der Waals surface area contributed by atoms with Crippen LogP contribution in [0.1, 0.15) is 11.3 Å². The lowest BCUT2D eigenvalue weighted by atomic mass is 10.1. The van der Waals surface area contributed by atoms with E-state index in [1.165, 1.54) is 16.3 Å². The molecule has 3 rings (SSSR count). The summed E-state index contributed by atoms with van der Waals surface area (Å²) < 4.78 is 0. The van der Waals surface area contributed by atoms with Gasteiger partial charge in [0.15, 0.2) is 0 Å². The van der Waals surface area contributed by atoms with Gasteiger partial charge in [0.05, 0.1) is 5.69 Å². The molecular formula is C21H25N3. The third-order valence-electron chi connectivity index (χ3n) is 4.19. The lowest BCUT2D eigenvalue weighted by Gasteiger charge is -2.24. The molecule has 0 aliphatic carbocycles. The summed E-state index contributed by atoms with van der Waals surface area (Å²) in [4.78, 5) is 9.35. The predicted octanol–water partition coefficient (Wildman–Crippen LogP) is 3.80. The number of nitrogens with zero attached hydrogens (tertiary/aromatic N) is 3. The second-order valence-corrected chi connectivity index (χ2v) is 6.52. The minimum Gasteiger partial charge on any atom is -0.308 e. The minimum atomic E-state index is 0.869. The van der Waals surface area contributed by atoms with Gasteiger partial charge in [0.25, 0.3) is 0 Å². The zero-order chi connectivity index (χ0) is 16.8. The van der Waals surface area contributed by atoms with Crippen LogP contribution < -0.4 is 0 Å². The van der Waals surface area contributed by atoms with Crippen molar-refractivity contribution < 1.29 is 0 Å². The van der Waals surface area contributed by atoms with E-state index in [0.29, 0.717) is 0 Å².